The Labute approximate surface area is 121 Å². The molecule has 2 aromatic heterocycles. The average molecular weight is 356 g/mol. The second-order valence-corrected chi connectivity index (χ2v) is 5.48. The fourth-order valence-electron chi connectivity index (χ4n) is 1.76. The standard InChI is InChI=1S/C13H17IN4/c1-3-4-15-6-11-7-16-10(2)5-13(11)18-9-12(14)8-17-18/h5,7-9,15H,3-4,6H2,1-2H3. The number of aryl methyl sites for hydroxylation is 1. The van der Waals surface area contributed by atoms with Gasteiger partial charge >= 0.3 is 0 Å². The smallest absolute Gasteiger partial charge is 0.0724 e. The molecule has 0 aromatic carbocycles. The molecular weight excluding hydrogens is 339 g/mol. The van der Waals surface area contributed by atoms with Gasteiger partial charge in [0.05, 0.1) is 15.5 Å². The number of rotatable bonds is 5. The van der Waals surface area contributed by atoms with Crippen LogP contribution in [0.2, 0.25) is 0 Å². The first-order valence-corrected chi connectivity index (χ1v) is 7.15. The third-order valence-electron chi connectivity index (χ3n) is 2.64. The minimum atomic E-state index is 0.826. The molecule has 0 aliphatic heterocycles. The van der Waals surface area contributed by atoms with Crippen molar-refractivity contribution in [2.45, 2.75) is 26.8 Å². The lowest BCUT2D eigenvalue weighted by molar-refractivity contribution is 0.668. The van der Waals surface area contributed by atoms with Crippen LogP contribution in [-0.4, -0.2) is 21.3 Å². The van der Waals surface area contributed by atoms with Gasteiger partial charge in [-0.3, -0.25) is 4.98 Å². The molecule has 4 nitrogen and oxygen atoms in total. The van der Waals surface area contributed by atoms with Crippen molar-refractivity contribution in [1.29, 1.82) is 0 Å². The summed E-state index contributed by atoms with van der Waals surface area (Å²) in [5.74, 6) is 0. The number of pyridine rings is 1. The quantitative estimate of drug-likeness (QED) is 0.662. The molecule has 0 bridgehead atoms. The van der Waals surface area contributed by atoms with Crippen LogP contribution in [0.4, 0.5) is 0 Å². The second-order valence-electron chi connectivity index (χ2n) is 4.23. The van der Waals surface area contributed by atoms with Gasteiger partial charge in [0.25, 0.3) is 0 Å². The van der Waals surface area contributed by atoms with Gasteiger partial charge < -0.3 is 5.32 Å². The van der Waals surface area contributed by atoms with Gasteiger partial charge in [-0.1, -0.05) is 6.92 Å². The van der Waals surface area contributed by atoms with Gasteiger partial charge in [0.15, 0.2) is 0 Å². The molecule has 2 aromatic rings. The molecule has 0 amide bonds. The minimum Gasteiger partial charge on any atom is -0.313 e. The number of nitrogens with zero attached hydrogens (tertiary/aromatic N) is 3. The highest BCUT2D eigenvalue weighted by atomic mass is 127. The third kappa shape index (κ3) is 3.29. The maximum absolute atomic E-state index is 4.37. The first kappa shape index (κ1) is 13.5. The number of hydrogen-bond acceptors (Lipinski definition) is 3. The van der Waals surface area contributed by atoms with Gasteiger partial charge in [-0.15, -0.1) is 0 Å². The summed E-state index contributed by atoms with van der Waals surface area (Å²) < 4.78 is 3.05. The molecule has 0 aliphatic carbocycles. The first-order valence-electron chi connectivity index (χ1n) is 6.07. The topological polar surface area (TPSA) is 42.7 Å². The van der Waals surface area contributed by atoms with E-state index >= 15 is 0 Å². The lowest BCUT2D eigenvalue weighted by Crippen LogP contribution is -2.16. The van der Waals surface area contributed by atoms with Crippen LogP contribution in [0.5, 0.6) is 0 Å². The Hall–Kier alpha value is -0.950. The van der Waals surface area contributed by atoms with Gasteiger partial charge in [-0.25, -0.2) is 4.68 Å². The highest BCUT2D eigenvalue weighted by molar-refractivity contribution is 14.1. The molecule has 18 heavy (non-hydrogen) atoms. The summed E-state index contributed by atoms with van der Waals surface area (Å²) >= 11 is 2.27. The summed E-state index contributed by atoms with van der Waals surface area (Å²) in [6, 6.07) is 2.08. The number of nitrogens with one attached hydrogen (secondary N) is 1. The summed E-state index contributed by atoms with van der Waals surface area (Å²) in [4.78, 5) is 4.37. The van der Waals surface area contributed by atoms with E-state index in [0.29, 0.717) is 0 Å². The summed E-state index contributed by atoms with van der Waals surface area (Å²) in [5, 5.41) is 7.77. The molecule has 0 saturated heterocycles. The molecule has 2 heterocycles. The highest BCUT2D eigenvalue weighted by Gasteiger charge is 2.07. The zero-order chi connectivity index (χ0) is 13.0. The van der Waals surface area contributed by atoms with E-state index in [1.165, 1.54) is 5.56 Å². The van der Waals surface area contributed by atoms with Crippen LogP contribution in [0.1, 0.15) is 24.6 Å². The van der Waals surface area contributed by atoms with Crippen molar-refractivity contribution < 1.29 is 0 Å². The Morgan fingerprint density at radius 3 is 2.89 bits per heavy atom. The number of aromatic nitrogens is 3. The highest BCUT2D eigenvalue weighted by Crippen LogP contribution is 2.15. The van der Waals surface area contributed by atoms with Crippen molar-refractivity contribution in [2.24, 2.45) is 0 Å². The minimum absolute atomic E-state index is 0.826. The molecule has 0 spiro atoms. The average Bonchev–Trinajstić information content (AvgIpc) is 2.78. The van der Waals surface area contributed by atoms with Crippen LogP contribution in [-0.2, 0) is 6.54 Å². The molecule has 0 saturated carbocycles. The van der Waals surface area contributed by atoms with Crippen LogP contribution in [0.15, 0.2) is 24.7 Å². The molecule has 2 rings (SSSR count). The SMILES string of the molecule is CCCNCc1cnc(C)cc1-n1cc(I)cn1. The lowest BCUT2D eigenvalue weighted by Gasteiger charge is -2.10. The van der Waals surface area contributed by atoms with E-state index in [-0.39, 0.29) is 0 Å². The Kier molecular flexibility index (Phi) is 4.71. The Morgan fingerprint density at radius 1 is 1.39 bits per heavy atom. The van der Waals surface area contributed by atoms with Gasteiger partial charge in [0.1, 0.15) is 0 Å². The molecule has 0 radical (unpaired) electrons. The fraction of sp³-hybridized carbons (Fsp3) is 0.385. The predicted octanol–water partition coefficient (Wildman–Crippen LogP) is 2.68. The van der Waals surface area contributed by atoms with E-state index in [1.807, 2.05) is 30.2 Å². The predicted molar refractivity (Wildman–Crippen MR) is 80.8 cm³/mol. The molecule has 0 aliphatic rings. The third-order valence-corrected chi connectivity index (χ3v) is 3.20. The fourth-order valence-corrected chi connectivity index (χ4v) is 2.14. The largest absolute Gasteiger partial charge is 0.313 e. The van der Waals surface area contributed by atoms with E-state index in [2.05, 4.69) is 51.0 Å². The van der Waals surface area contributed by atoms with Crippen molar-refractivity contribution in [3.05, 3.63) is 39.5 Å². The number of hydrogen-bond donors (Lipinski definition) is 1. The van der Waals surface area contributed by atoms with E-state index in [4.69, 9.17) is 0 Å². The molecule has 0 atom stereocenters. The van der Waals surface area contributed by atoms with Crippen molar-refractivity contribution >= 4 is 22.6 Å². The monoisotopic (exact) mass is 356 g/mol. The van der Waals surface area contributed by atoms with Gasteiger partial charge in [0.2, 0.25) is 0 Å². The van der Waals surface area contributed by atoms with Crippen LogP contribution in [0.25, 0.3) is 5.69 Å². The van der Waals surface area contributed by atoms with Gasteiger partial charge in [-0.2, -0.15) is 5.10 Å². The Balaban J connectivity index is 2.29. The summed E-state index contributed by atoms with van der Waals surface area (Å²) in [6.07, 6.45) is 6.95. The van der Waals surface area contributed by atoms with E-state index in [1.54, 1.807) is 0 Å². The summed E-state index contributed by atoms with van der Waals surface area (Å²) in [7, 11) is 0. The van der Waals surface area contributed by atoms with Crippen LogP contribution in [0.3, 0.4) is 0 Å². The van der Waals surface area contributed by atoms with Crippen molar-refractivity contribution in [2.75, 3.05) is 6.54 Å². The Morgan fingerprint density at radius 2 is 2.22 bits per heavy atom. The molecule has 96 valence electrons. The van der Waals surface area contributed by atoms with Gasteiger partial charge in [-0.05, 0) is 48.5 Å². The molecule has 5 heteroatoms. The van der Waals surface area contributed by atoms with E-state index < -0.39 is 0 Å². The number of halogens is 1. The lowest BCUT2D eigenvalue weighted by atomic mass is 10.2. The zero-order valence-electron chi connectivity index (χ0n) is 10.7. The maximum atomic E-state index is 4.37. The summed E-state index contributed by atoms with van der Waals surface area (Å²) in [5.41, 5.74) is 3.29. The zero-order valence-corrected chi connectivity index (χ0v) is 12.8. The van der Waals surface area contributed by atoms with Crippen molar-refractivity contribution in [3.8, 4) is 5.69 Å². The second kappa shape index (κ2) is 6.29. The normalized spacial score (nSPS) is 10.8. The Bertz CT molecular complexity index is 521. The van der Waals surface area contributed by atoms with Crippen LogP contribution >= 0.6 is 22.6 Å². The van der Waals surface area contributed by atoms with E-state index in [0.717, 1.165) is 34.5 Å². The van der Waals surface area contributed by atoms with Crippen LogP contribution < -0.4 is 5.32 Å². The first-order chi connectivity index (χ1) is 8.70. The van der Waals surface area contributed by atoms with Crippen LogP contribution in [0, 0.1) is 10.5 Å². The maximum Gasteiger partial charge on any atom is 0.0724 e. The van der Waals surface area contributed by atoms with Crippen molar-refractivity contribution in [3.63, 3.8) is 0 Å². The molecule has 0 fully saturated rings. The van der Waals surface area contributed by atoms with E-state index in [9.17, 15) is 0 Å². The molecule has 0 unspecified atom stereocenters. The summed E-state index contributed by atoms with van der Waals surface area (Å²) in [6.45, 7) is 6.01. The van der Waals surface area contributed by atoms with Gasteiger partial charge in [0, 0.05) is 30.2 Å². The van der Waals surface area contributed by atoms with Crippen molar-refractivity contribution in [1.82, 2.24) is 20.1 Å². The molecule has 1 N–H and O–H groups in total. The molecular formula is C13H17IN4.